The molecule has 0 saturated carbocycles. The summed E-state index contributed by atoms with van der Waals surface area (Å²) in [6.45, 7) is 0. The Hall–Kier alpha value is -6.71. The van der Waals surface area contributed by atoms with E-state index in [0.29, 0.717) is 0 Å². The second-order valence-electron chi connectivity index (χ2n) is 13.5. The fraction of sp³-hybridized carbons (Fsp3) is 0.0408. The summed E-state index contributed by atoms with van der Waals surface area (Å²) in [6, 6.07) is 61.2. The number of pyridine rings is 1. The number of rotatable bonds is 6. The maximum atomic E-state index is 4.99. The summed E-state index contributed by atoms with van der Waals surface area (Å²) >= 11 is 0. The van der Waals surface area contributed by atoms with Crippen molar-refractivity contribution in [1.82, 2.24) is 9.55 Å². The first-order valence-corrected chi connectivity index (χ1v) is 18.0. The Balaban J connectivity index is 1.11. The van der Waals surface area contributed by atoms with Gasteiger partial charge < -0.3 is 9.47 Å². The zero-order valence-corrected chi connectivity index (χ0v) is 28.6. The largest absolute Gasteiger partial charge is 0.318 e. The summed E-state index contributed by atoms with van der Waals surface area (Å²) in [6.07, 6.45) is 9.76. The molecule has 1 aliphatic carbocycles. The molecule has 3 heteroatoms. The number of benzene rings is 7. The Kier molecular flexibility index (Phi) is 7.28. The van der Waals surface area contributed by atoms with Crippen LogP contribution in [0.4, 0.5) is 11.4 Å². The van der Waals surface area contributed by atoms with Gasteiger partial charge >= 0.3 is 0 Å². The fourth-order valence-electron chi connectivity index (χ4n) is 8.28. The summed E-state index contributed by atoms with van der Waals surface area (Å²) in [5.41, 5.74) is 10.7. The predicted octanol–water partition coefficient (Wildman–Crippen LogP) is 13.1. The quantitative estimate of drug-likeness (QED) is 0.165. The highest BCUT2D eigenvalue weighted by Gasteiger charge is 2.23. The molecule has 7 aromatic carbocycles. The van der Waals surface area contributed by atoms with Crippen molar-refractivity contribution in [3.63, 3.8) is 0 Å². The van der Waals surface area contributed by atoms with Crippen molar-refractivity contribution in [2.45, 2.75) is 12.5 Å². The van der Waals surface area contributed by atoms with Gasteiger partial charge in [-0.2, -0.15) is 0 Å². The fourth-order valence-corrected chi connectivity index (χ4v) is 8.28. The number of hydrogen-bond acceptors (Lipinski definition) is 2. The first kappa shape index (κ1) is 30.1. The number of aromatic nitrogens is 2. The van der Waals surface area contributed by atoms with E-state index >= 15 is 0 Å². The van der Waals surface area contributed by atoms with E-state index in [1.165, 1.54) is 65.8 Å². The van der Waals surface area contributed by atoms with Crippen LogP contribution in [0.3, 0.4) is 0 Å². The summed E-state index contributed by atoms with van der Waals surface area (Å²) < 4.78 is 2.43. The van der Waals surface area contributed by atoms with E-state index < -0.39 is 0 Å². The molecule has 1 unspecified atom stereocenters. The van der Waals surface area contributed by atoms with E-state index in [4.69, 9.17) is 4.98 Å². The van der Waals surface area contributed by atoms with Gasteiger partial charge in [-0.15, -0.1) is 0 Å². The minimum absolute atomic E-state index is 0.129. The molecule has 0 bridgehead atoms. The van der Waals surface area contributed by atoms with Gasteiger partial charge in [-0.05, 0) is 105 Å². The molecule has 10 rings (SSSR count). The van der Waals surface area contributed by atoms with E-state index in [2.05, 4.69) is 198 Å². The summed E-state index contributed by atoms with van der Waals surface area (Å²) in [5.74, 6) is 0. The van der Waals surface area contributed by atoms with Crippen LogP contribution in [0, 0.1) is 0 Å². The van der Waals surface area contributed by atoms with Crippen molar-refractivity contribution < 1.29 is 0 Å². The highest BCUT2D eigenvalue weighted by molar-refractivity contribution is 6.22. The number of allylic oxidation sites excluding steroid dienone is 3. The number of fused-ring (bicyclic) bond motifs is 5. The minimum Gasteiger partial charge on any atom is -0.318 e. The first-order valence-electron chi connectivity index (χ1n) is 18.0. The smallest absolute Gasteiger partial charge is 0.141 e. The van der Waals surface area contributed by atoms with Crippen molar-refractivity contribution in [2.24, 2.45) is 0 Å². The average molecular weight is 666 g/mol. The third-order valence-corrected chi connectivity index (χ3v) is 10.5. The van der Waals surface area contributed by atoms with E-state index in [0.717, 1.165) is 23.4 Å². The van der Waals surface area contributed by atoms with Crippen LogP contribution in [-0.2, 0) is 0 Å². The normalized spacial score (nSPS) is 14.3. The van der Waals surface area contributed by atoms with Gasteiger partial charge in [0.05, 0.1) is 11.6 Å². The van der Waals surface area contributed by atoms with Gasteiger partial charge in [-0.3, -0.25) is 0 Å². The van der Waals surface area contributed by atoms with Gasteiger partial charge in [-0.25, -0.2) is 4.98 Å². The highest BCUT2D eigenvalue weighted by atomic mass is 15.1. The van der Waals surface area contributed by atoms with E-state index in [-0.39, 0.29) is 6.04 Å². The number of hydrogen-bond donors (Lipinski definition) is 0. The van der Waals surface area contributed by atoms with Crippen molar-refractivity contribution in [3.8, 4) is 22.3 Å². The van der Waals surface area contributed by atoms with E-state index in [9.17, 15) is 0 Å². The predicted molar refractivity (Wildman–Crippen MR) is 219 cm³/mol. The summed E-state index contributed by atoms with van der Waals surface area (Å²) in [7, 11) is 0. The second-order valence-corrected chi connectivity index (χ2v) is 13.5. The zero-order valence-electron chi connectivity index (χ0n) is 28.6. The van der Waals surface area contributed by atoms with Gasteiger partial charge in [0.15, 0.2) is 0 Å². The molecule has 1 atom stereocenters. The Morgan fingerprint density at radius 3 is 1.62 bits per heavy atom. The first-order chi connectivity index (χ1) is 25.8. The lowest BCUT2D eigenvalue weighted by molar-refractivity contribution is 0.638. The molecule has 0 aliphatic heterocycles. The molecule has 0 amide bonds. The highest BCUT2D eigenvalue weighted by Crippen LogP contribution is 2.45. The molecular weight excluding hydrogens is 631 g/mol. The van der Waals surface area contributed by atoms with Crippen molar-refractivity contribution >= 4 is 54.9 Å². The topological polar surface area (TPSA) is 21.1 Å². The lowest BCUT2D eigenvalue weighted by Crippen LogP contribution is -2.18. The molecule has 0 saturated heterocycles. The zero-order chi connectivity index (χ0) is 34.4. The van der Waals surface area contributed by atoms with Gasteiger partial charge in [0.1, 0.15) is 5.65 Å². The average Bonchev–Trinajstić information content (AvgIpc) is 3.55. The van der Waals surface area contributed by atoms with Gasteiger partial charge in [0, 0.05) is 34.0 Å². The Morgan fingerprint density at radius 1 is 0.500 bits per heavy atom. The second kappa shape index (κ2) is 12.6. The molecular formula is C49H35N3. The molecule has 9 aromatic rings. The Morgan fingerprint density at radius 2 is 1.04 bits per heavy atom. The molecule has 1 aliphatic rings. The van der Waals surface area contributed by atoms with Crippen LogP contribution < -0.4 is 4.90 Å². The maximum absolute atomic E-state index is 4.99. The molecule has 0 N–H and O–H groups in total. The SMILES string of the molecule is C1=CC(n2c3ccc(-c4c5ccccc5c(-c5ccccc5)c5ccccc45)cc3c3cccnc32)CC=C1N(c1ccccc1)c1ccccc1. The van der Waals surface area contributed by atoms with Gasteiger partial charge in [-0.1, -0.05) is 133 Å². The third-order valence-electron chi connectivity index (χ3n) is 10.5. The molecule has 52 heavy (non-hydrogen) atoms. The van der Waals surface area contributed by atoms with Crippen LogP contribution in [0.15, 0.2) is 200 Å². The van der Waals surface area contributed by atoms with Crippen LogP contribution in [0.25, 0.3) is 65.7 Å². The standard InChI is InChI=1S/C49H35N3/c1-4-15-34(16-5-1)47-40-21-10-12-23-42(40)48(43-24-13-11-22-41(43)47)35-26-31-46-45(33-35)44-25-14-32-50-49(44)52(46)39-29-27-38(28-30-39)51(36-17-6-2-7-18-36)37-19-8-3-9-20-37/h1-29,31-33,39H,30H2. The molecule has 0 spiro atoms. The lowest BCUT2D eigenvalue weighted by Gasteiger charge is -2.29. The number of nitrogens with zero attached hydrogens (tertiary/aromatic N) is 3. The van der Waals surface area contributed by atoms with E-state index in [1.54, 1.807) is 0 Å². The van der Waals surface area contributed by atoms with Crippen LogP contribution >= 0.6 is 0 Å². The molecule has 0 fully saturated rings. The number of para-hydroxylation sites is 2. The van der Waals surface area contributed by atoms with Crippen molar-refractivity contribution in [1.29, 1.82) is 0 Å². The third kappa shape index (κ3) is 4.93. The summed E-state index contributed by atoms with van der Waals surface area (Å²) in [4.78, 5) is 7.32. The molecule has 0 radical (unpaired) electrons. The Bertz CT molecular complexity index is 2720. The van der Waals surface area contributed by atoms with Crippen LogP contribution in [0.2, 0.25) is 0 Å². The van der Waals surface area contributed by atoms with Crippen LogP contribution in [0.1, 0.15) is 12.5 Å². The van der Waals surface area contributed by atoms with Crippen LogP contribution in [-0.4, -0.2) is 9.55 Å². The molecule has 2 aromatic heterocycles. The van der Waals surface area contributed by atoms with Gasteiger partial charge in [0.25, 0.3) is 0 Å². The Labute approximate surface area is 303 Å². The summed E-state index contributed by atoms with van der Waals surface area (Å²) in [5, 5.41) is 7.45. The number of anilines is 2. The van der Waals surface area contributed by atoms with Crippen molar-refractivity contribution in [2.75, 3.05) is 4.90 Å². The molecule has 246 valence electrons. The molecule has 2 heterocycles. The van der Waals surface area contributed by atoms with Crippen LogP contribution in [0.5, 0.6) is 0 Å². The van der Waals surface area contributed by atoms with E-state index in [1.807, 2.05) is 6.20 Å². The molecule has 3 nitrogen and oxygen atoms in total. The maximum Gasteiger partial charge on any atom is 0.141 e. The lowest BCUT2D eigenvalue weighted by atomic mass is 9.86. The monoisotopic (exact) mass is 665 g/mol. The minimum atomic E-state index is 0.129. The van der Waals surface area contributed by atoms with Gasteiger partial charge in [0.2, 0.25) is 0 Å². The van der Waals surface area contributed by atoms with Crippen molar-refractivity contribution in [3.05, 3.63) is 200 Å².